The average molecular weight is 418 g/mol. The van der Waals surface area contributed by atoms with Crippen LogP contribution in [0.3, 0.4) is 0 Å². The lowest BCUT2D eigenvalue weighted by molar-refractivity contribution is 0.717. The van der Waals surface area contributed by atoms with Crippen molar-refractivity contribution < 1.29 is 0 Å². The molecular weight excluding hydrogens is 390 g/mol. The third-order valence-corrected chi connectivity index (χ3v) is 7.11. The molecule has 0 saturated heterocycles. The van der Waals surface area contributed by atoms with Crippen molar-refractivity contribution in [3.63, 3.8) is 0 Å². The predicted octanol–water partition coefficient (Wildman–Crippen LogP) is 6.42. The van der Waals surface area contributed by atoms with Gasteiger partial charge >= 0.3 is 0 Å². The van der Waals surface area contributed by atoms with Gasteiger partial charge in [-0.1, -0.05) is 60.7 Å². The SMILES string of the molecule is Cc1c(C)n(Cc2ccc3ccccc3c2)c2c(N3CCc4ccccc4C3)nccc12. The van der Waals surface area contributed by atoms with E-state index in [1.165, 1.54) is 49.6 Å². The maximum absolute atomic E-state index is 4.92. The van der Waals surface area contributed by atoms with E-state index in [9.17, 15) is 0 Å². The molecule has 6 rings (SSSR count). The lowest BCUT2D eigenvalue weighted by Gasteiger charge is -2.30. The first kappa shape index (κ1) is 19.1. The maximum Gasteiger partial charge on any atom is 0.153 e. The van der Waals surface area contributed by atoms with Crippen molar-refractivity contribution in [3.8, 4) is 0 Å². The molecule has 0 radical (unpaired) electrons. The van der Waals surface area contributed by atoms with Gasteiger partial charge in [0.25, 0.3) is 0 Å². The molecule has 5 aromatic rings. The molecule has 0 N–H and O–H groups in total. The van der Waals surface area contributed by atoms with Crippen molar-refractivity contribution in [2.75, 3.05) is 11.4 Å². The number of nitrogens with zero attached hydrogens (tertiary/aromatic N) is 3. The monoisotopic (exact) mass is 417 g/mol. The highest BCUT2D eigenvalue weighted by Crippen LogP contribution is 2.34. The van der Waals surface area contributed by atoms with Gasteiger partial charge in [-0.05, 0) is 65.4 Å². The highest BCUT2D eigenvalue weighted by atomic mass is 15.2. The molecule has 3 aromatic carbocycles. The van der Waals surface area contributed by atoms with Crippen molar-refractivity contribution in [2.24, 2.45) is 0 Å². The van der Waals surface area contributed by atoms with Gasteiger partial charge in [-0.15, -0.1) is 0 Å². The van der Waals surface area contributed by atoms with Crippen LogP contribution >= 0.6 is 0 Å². The number of aromatic nitrogens is 2. The number of aryl methyl sites for hydroxylation is 1. The van der Waals surface area contributed by atoms with E-state index in [1.54, 1.807) is 0 Å². The van der Waals surface area contributed by atoms with Crippen LogP contribution in [0.4, 0.5) is 5.82 Å². The predicted molar refractivity (Wildman–Crippen MR) is 133 cm³/mol. The first-order chi connectivity index (χ1) is 15.7. The van der Waals surface area contributed by atoms with E-state index < -0.39 is 0 Å². The van der Waals surface area contributed by atoms with Crippen molar-refractivity contribution in [1.29, 1.82) is 0 Å². The van der Waals surface area contributed by atoms with E-state index in [2.05, 4.69) is 96.1 Å². The van der Waals surface area contributed by atoms with Crippen LogP contribution in [0, 0.1) is 13.8 Å². The minimum absolute atomic E-state index is 0.851. The summed E-state index contributed by atoms with van der Waals surface area (Å²) in [4.78, 5) is 7.37. The Morgan fingerprint density at radius 3 is 2.50 bits per heavy atom. The molecule has 0 aliphatic carbocycles. The lowest BCUT2D eigenvalue weighted by Crippen LogP contribution is -2.31. The van der Waals surface area contributed by atoms with Crippen LogP contribution in [0.2, 0.25) is 0 Å². The summed E-state index contributed by atoms with van der Waals surface area (Å²) in [7, 11) is 0. The molecule has 0 spiro atoms. The molecule has 3 heterocycles. The highest BCUT2D eigenvalue weighted by Gasteiger charge is 2.22. The Labute approximate surface area is 188 Å². The van der Waals surface area contributed by atoms with Crippen molar-refractivity contribution in [2.45, 2.75) is 33.4 Å². The van der Waals surface area contributed by atoms with Gasteiger partial charge in [0, 0.05) is 36.9 Å². The smallest absolute Gasteiger partial charge is 0.153 e. The van der Waals surface area contributed by atoms with Crippen LogP contribution in [0.15, 0.2) is 79.0 Å². The molecule has 158 valence electrons. The molecule has 0 fully saturated rings. The summed E-state index contributed by atoms with van der Waals surface area (Å²) in [5.74, 6) is 1.11. The van der Waals surface area contributed by atoms with Crippen molar-refractivity contribution >= 4 is 27.5 Å². The summed E-state index contributed by atoms with van der Waals surface area (Å²) in [5, 5.41) is 3.89. The Kier molecular flexibility index (Phi) is 4.50. The maximum atomic E-state index is 4.92. The third-order valence-electron chi connectivity index (χ3n) is 7.11. The van der Waals surface area contributed by atoms with E-state index >= 15 is 0 Å². The first-order valence-corrected chi connectivity index (χ1v) is 11.4. The minimum atomic E-state index is 0.851. The molecule has 3 nitrogen and oxygen atoms in total. The summed E-state index contributed by atoms with van der Waals surface area (Å²) < 4.78 is 2.47. The van der Waals surface area contributed by atoms with E-state index in [0.717, 1.165) is 31.9 Å². The van der Waals surface area contributed by atoms with E-state index in [1.807, 2.05) is 6.20 Å². The van der Waals surface area contributed by atoms with Crippen LogP contribution in [0.1, 0.15) is 27.9 Å². The highest BCUT2D eigenvalue weighted by molar-refractivity contribution is 5.94. The van der Waals surface area contributed by atoms with Gasteiger partial charge in [0.05, 0.1) is 5.52 Å². The first-order valence-electron chi connectivity index (χ1n) is 11.4. The summed E-state index contributed by atoms with van der Waals surface area (Å²) in [5.41, 5.74) is 8.13. The average Bonchev–Trinajstić information content (AvgIpc) is 3.08. The van der Waals surface area contributed by atoms with Gasteiger partial charge in [0.15, 0.2) is 5.82 Å². The van der Waals surface area contributed by atoms with Gasteiger partial charge < -0.3 is 9.47 Å². The summed E-state index contributed by atoms with van der Waals surface area (Å²) in [6.07, 6.45) is 3.04. The zero-order valence-corrected chi connectivity index (χ0v) is 18.7. The molecule has 0 bridgehead atoms. The second-order valence-electron chi connectivity index (χ2n) is 8.95. The molecule has 0 saturated carbocycles. The Bertz CT molecular complexity index is 1460. The fourth-order valence-electron chi connectivity index (χ4n) is 5.20. The van der Waals surface area contributed by atoms with E-state index in [-0.39, 0.29) is 0 Å². The molecule has 0 unspecified atom stereocenters. The number of pyridine rings is 1. The molecule has 0 atom stereocenters. The normalized spacial score (nSPS) is 13.6. The van der Waals surface area contributed by atoms with E-state index in [0.29, 0.717) is 0 Å². The van der Waals surface area contributed by atoms with Gasteiger partial charge in [0.2, 0.25) is 0 Å². The third kappa shape index (κ3) is 3.08. The zero-order valence-electron chi connectivity index (χ0n) is 18.7. The second-order valence-corrected chi connectivity index (χ2v) is 8.95. The summed E-state index contributed by atoms with van der Waals surface area (Å²) in [6, 6.07) is 26.4. The number of fused-ring (bicyclic) bond motifs is 3. The number of anilines is 1. The number of benzene rings is 3. The fraction of sp³-hybridized carbons (Fsp3) is 0.207. The van der Waals surface area contributed by atoms with Crippen LogP contribution in [-0.4, -0.2) is 16.1 Å². The van der Waals surface area contributed by atoms with E-state index in [4.69, 9.17) is 4.98 Å². The number of rotatable bonds is 3. The van der Waals surface area contributed by atoms with Crippen molar-refractivity contribution in [1.82, 2.24) is 9.55 Å². The minimum Gasteiger partial charge on any atom is -0.350 e. The topological polar surface area (TPSA) is 21.1 Å². The Balaban J connectivity index is 1.46. The summed E-state index contributed by atoms with van der Waals surface area (Å²) >= 11 is 0. The lowest BCUT2D eigenvalue weighted by atomic mass is 10.00. The Morgan fingerprint density at radius 2 is 1.62 bits per heavy atom. The van der Waals surface area contributed by atoms with Gasteiger partial charge in [0.1, 0.15) is 0 Å². The number of hydrogen-bond donors (Lipinski definition) is 0. The fourth-order valence-corrected chi connectivity index (χ4v) is 5.20. The van der Waals surface area contributed by atoms with Gasteiger partial charge in [-0.25, -0.2) is 4.98 Å². The Morgan fingerprint density at radius 1 is 0.844 bits per heavy atom. The van der Waals surface area contributed by atoms with Crippen LogP contribution < -0.4 is 4.90 Å². The summed E-state index contributed by atoms with van der Waals surface area (Å²) in [6.45, 7) is 7.25. The van der Waals surface area contributed by atoms with Gasteiger partial charge in [-0.3, -0.25) is 0 Å². The zero-order chi connectivity index (χ0) is 21.7. The molecule has 1 aliphatic rings. The van der Waals surface area contributed by atoms with Crippen molar-refractivity contribution in [3.05, 3.63) is 107 Å². The molecule has 1 aliphatic heterocycles. The molecule has 0 amide bonds. The molecule has 2 aromatic heterocycles. The van der Waals surface area contributed by atoms with Crippen LogP contribution in [0.25, 0.3) is 21.7 Å². The second kappa shape index (κ2) is 7.52. The molecule has 3 heteroatoms. The largest absolute Gasteiger partial charge is 0.350 e. The van der Waals surface area contributed by atoms with Crippen LogP contribution in [0.5, 0.6) is 0 Å². The number of hydrogen-bond acceptors (Lipinski definition) is 2. The molecule has 32 heavy (non-hydrogen) atoms. The van der Waals surface area contributed by atoms with Gasteiger partial charge in [-0.2, -0.15) is 0 Å². The molecular formula is C29H27N3. The Hall–Kier alpha value is -3.59. The quantitative estimate of drug-likeness (QED) is 0.338. The van der Waals surface area contributed by atoms with Crippen LogP contribution in [-0.2, 0) is 19.5 Å². The standard InChI is InChI=1S/C29H27N3/c1-20-21(2)32(18-22-11-12-23-7-3-5-9-25(23)17-22)28-27(20)13-15-30-29(28)31-16-14-24-8-4-6-10-26(24)19-31/h3-13,15,17H,14,16,18-19H2,1-2H3.